The van der Waals surface area contributed by atoms with E-state index in [1.54, 1.807) is 31.4 Å². The molecule has 1 N–H and O–H groups in total. The number of methoxy groups -OCH3 is 1. The average Bonchev–Trinajstić information content (AvgIpc) is 2.73. The molecule has 1 aliphatic rings. The maximum absolute atomic E-state index is 10.3. The fourth-order valence-electron chi connectivity index (χ4n) is 3.23. The summed E-state index contributed by atoms with van der Waals surface area (Å²) in [5.41, 5.74) is 1.71. The first-order valence-electron chi connectivity index (χ1n) is 9.11. The molecule has 0 radical (unpaired) electrons. The molecule has 0 saturated carbocycles. The van der Waals surface area contributed by atoms with Crippen molar-refractivity contribution in [2.45, 2.75) is 6.10 Å². The Morgan fingerprint density at radius 3 is 2.44 bits per heavy atom. The second-order valence-corrected chi connectivity index (χ2v) is 6.56. The van der Waals surface area contributed by atoms with Crippen molar-refractivity contribution in [3.63, 3.8) is 0 Å². The maximum Gasteiger partial charge on any atom is 0.142 e. The zero-order valence-electron chi connectivity index (χ0n) is 15.5. The van der Waals surface area contributed by atoms with E-state index in [9.17, 15) is 5.11 Å². The Hall–Kier alpha value is -2.75. The number of piperazine rings is 1. The van der Waals surface area contributed by atoms with Crippen LogP contribution < -0.4 is 14.4 Å². The van der Waals surface area contributed by atoms with Crippen molar-refractivity contribution in [1.82, 2.24) is 4.90 Å². The van der Waals surface area contributed by atoms with Gasteiger partial charge in [-0.05, 0) is 36.4 Å². The number of para-hydroxylation sites is 2. The van der Waals surface area contributed by atoms with Gasteiger partial charge in [0, 0.05) is 32.7 Å². The topological polar surface area (TPSA) is 69.0 Å². The van der Waals surface area contributed by atoms with Gasteiger partial charge in [-0.3, -0.25) is 4.90 Å². The van der Waals surface area contributed by atoms with E-state index in [4.69, 9.17) is 14.7 Å². The van der Waals surface area contributed by atoms with E-state index in [-0.39, 0.29) is 6.61 Å². The Labute approximate surface area is 160 Å². The van der Waals surface area contributed by atoms with Crippen LogP contribution in [0.5, 0.6) is 11.5 Å². The monoisotopic (exact) mass is 367 g/mol. The zero-order chi connectivity index (χ0) is 19.1. The Bertz CT molecular complexity index is 765. The molecule has 0 unspecified atom stereocenters. The minimum Gasteiger partial charge on any atom is -0.495 e. The summed E-state index contributed by atoms with van der Waals surface area (Å²) in [6.07, 6.45) is -0.557. The van der Waals surface area contributed by atoms with Gasteiger partial charge in [0.05, 0.1) is 24.4 Å². The highest BCUT2D eigenvalue weighted by Crippen LogP contribution is 2.28. The van der Waals surface area contributed by atoms with E-state index >= 15 is 0 Å². The number of ether oxygens (including phenoxy) is 2. The molecule has 1 fully saturated rings. The van der Waals surface area contributed by atoms with Crippen molar-refractivity contribution < 1.29 is 14.6 Å². The van der Waals surface area contributed by atoms with Gasteiger partial charge in [-0.25, -0.2) is 0 Å². The molecule has 0 aromatic heterocycles. The van der Waals surface area contributed by atoms with Crippen LogP contribution in [0.2, 0.25) is 0 Å². The first-order valence-corrected chi connectivity index (χ1v) is 9.11. The zero-order valence-corrected chi connectivity index (χ0v) is 15.5. The lowest BCUT2D eigenvalue weighted by Gasteiger charge is -2.37. The number of nitriles is 1. The van der Waals surface area contributed by atoms with Crippen molar-refractivity contribution in [1.29, 1.82) is 5.26 Å². The van der Waals surface area contributed by atoms with E-state index in [0.717, 1.165) is 37.6 Å². The summed E-state index contributed by atoms with van der Waals surface area (Å²) in [7, 11) is 1.69. The maximum atomic E-state index is 10.3. The predicted octanol–water partition coefficient (Wildman–Crippen LogP) is 2.13. The molecule has 6 heteroatoms. The SMILES string of the molecule is COc1ccccc1N1CCN(C[C@H](O)COc2ccc(C#N)cc2)CC1. The molecule has 1 heterocycles. The van der Waals surface area contributed by atoms with Crippen LogP contribution >= 0.6 is 0 Å². The summed E-state index contributed by atoms with van der Waals surface area (Å²) in [5.74, 6) is 1.55. The molecule has 0 spiro atoms. The number of aliphatic hydroxyl groups excluding tert-OH is 1. The molecule has 142 valence electrons. The molecule has 1 saturated heterocycles. The van der Waals surface area contributed by atoms with Gasteiger partial charge in [-0.2, -0.15) is 5.26 Å². The fraction of sp³-hybridized carbons (Fsp3) is 0.381. The van der Waals surface area contributed by atoms with E-state index in [2.05, 4.69) is 21.9 Å². The van der Waals surface area contributed by atoms with E-state index in [1.165, 1.54) is 0 Å². The van der Waals surface area contributed by atoms with Crippen molar-refractivity contribution in [2.24, 2.45) is 0 Å². The van der Waals surface area contributed by atoms with Gasteiger partial charge in [-0.15, -0.1) is 0 Å². The minimum absolute atomic E-state index is 0.235. The van der Waals surface area contributed by atoms with Crippen LogP contribution in [0, 0.1) is 11.3 Å². The molecule has 1 aliphatic heterocycles. The summed E-state index contributed by atoms with van der Waals surface area (Å²) < 4.78 is 11.1. The quantitative estimate of drug-likeness (QED) is 0.809. The van der Waals surface area contributed by atoms with Crippen LogP contribution in [-0.2, 0) is 0 Å². The fourth-order valence-corrected chi connectivity index (χ4v) is 3.23. The van der Waals surface area contributed by atoms with Crippen LogP contribution in [0.25, 0.3) is 0 Å². The third-order valence-corrected chi connectivity index (χ3v) is 4.69. The number of hydrogen-bond acceptors (Lipinski definition) is 6. The molecule has 27 heavy (non-hydrogen) atoms. The summed E-state index contributed by atoms with van der Waals surface area (Å²) in [6, 6.07) is 17.0. The number of benzene rings is 2. The number of anilines is 1. The highest BCUT2D eigenvalue weighted by Gasteiger charge is 2.21. The summed E-state index contributed by atoms with van der Waals surface area (Å²) in [6.45, 7) is 4.36. The van der Waals surface area contributed by atoms with Crippen molar-refractivity contribution >= 4 is 5.69 Å². The second-order valence-electron chi connectivity index (χ2n) is 6.56. The van der Waals surface area contributed by atoms with Gasteiger partial charge in [-0.1, -0.05) is 12.1 Å². The Kier molecular flexibility index (Phi) is 6.53. The Balaban J connectivity index is 1.43. The van der Waals surface area contributed by atoms with Crippen LogP contribution in [-0.4, -0.2) is 62.6 Å². The molecular formula is C21H25N3O3. The third kappa shape index (κ3) is 5.13. The molecule has 3 rings (SSSR count). The summed E-state index contributed by atoms with van der Waals surface area (Å²) in [4.78, 5) is 4.56. The third-order valence-electron chi connectivity index (χ3n) is 4.69. The number of aliphatic hydroxyl groups is 1. The normalized spacial score (nSPS) is 15.8. The first kappa shape index (κ1) is 19.0. The average molecular weight is 367 g/mol. The lowest BCUT2D eigenvalue weighted by atomic mass is 10.2. The van der Waals surface area contributed by atoms with Crippen molar-refractivity contribution in [2.75, 3.05) is 51.3 Å². The molecule has 1 atom stereocenters. The van der Waals surface area contributed by atoms with Gasteiger partial charge in [0.2, 0.25) is 0 Å². The largest absolute Gasteiger partial charge is 0.495 e. The Morgan fingerprint density at radius 2 is 1.78 bits per heavy atom. The van der Waals surface area contributed by atoms with Crippen molar-refractivity contribution in [3.05, 3.63) is 54.1 Å². The number of hydrogen-bond donors (Lipinski definition) is 1. The molecular weight excluding hydrogens is 342 g/mol. The summed E-state index contributed by atoms with van der Waals surface area (Å²) >= 11 is 0. The highest BCUT2D eigenvalue weighted by molar-refractivity contribution is 5.58. The minimum atomic E-state index is -0.557. The number of nitrogens with zero attached hydrogens (tertiary/aromatic N) is 3. The van der Waals surface area contributed by atoms with E-state index < -0.39 is 6.10 Å². The highest BCUT2D eigenvalue weighted by atomic mass is 16.5. The number of rotatable bonds is 7. The van der Waals surface area contributed by atoms with Gasteiger partial charge in [0.15, 0.2) is 0 Å². The number of β-amino-alcohol motifs (C(OH)–C–C–N with tert-alkyl or cyclic N) is 1. The molecule has 0 amide bonds. The van der Waals surface area contributed by atoms with E-state index in [1.807, 2.05) is 18.2 Å². The molecule has 6 nitrogen and oxygen atoms in total. The molecule has 0 aliphatic carbocycles. The van der Waals surface area contributed by atoms with Crippen LogP contribution in [0.1, 0.15) is 5.56 Å². The van der Waals surface area contributed by atoms with Gasteiger partial charge in [0.1, 0.15) is 24.2 Å². The molecule has 2 aromatic rings. The second kappa shape index (κ2) is 9.26. The molecule has 2 aromatic carbocycles. The van der Waals surface area contributed by atoms with Crippen LogP contribution in [0.3, 0.4) is 0 Å². The smallest absolute Gasteiger partial charge is 0.142 e. The predicted molar refractivity (Wildman–Crippen MR) is 104 cm³/mol. The van der Waals surface area contributed by atoms with Gasteiger partial charge in [0.25, 0.3) is 0 Å². The standard InChI is InChI=1S/C21H25N3O3/c1-26-21-5-3-2-4-20(21)24-12-10-23(11-13-24)15-18(25)16-27-19-8-6-17(14-22)7-9-19/h2-9,18,25H,10-13,15-16H2,1H3/t18-/m0/s1. The van der Waals surface area contributed by atoms with E-state index in [0.29, 0.717) is 17.9 Å². The van der Waals surface area contributed by atoms with Crippen molar-refractivity contribution in [3.8, 4) is 17.6 Å². The first-order chi connectivity index (χ1) is 13.2. The van der Waals surface area contributed by atoms with Crippen LogP contribution in [0.4, 0.5) is 5.69 Å². The lowest BCUT2D eigenvalue weighted by Crippen LogP contribution is -2.49. The lowest BCUT2D eigenvalue weighted by molar-refractivity contribution is 0.0663. The summed E-state index contributed by atoms with van der Waals surface area (Å²) in [5, 5.41) is 19.1. The van der Waals surface area contributed by atoms with Gasteiger partial charge >= 0.3 is 0 Å². The van der Waals surface area contributed by atoms with Crippen LogP contribution in [0.15, 0.2) is 48.5 Å². The Morgan fingerprint density at radius 1 is 1.07 bits per heavy atom. The molecule has 0 bridgehead atoms. The van der Waals surface area contributed by atoms with Gasteiger partial charge < -0.3 is 19.5 Å².